The van der Waals surface area contributed by atoms with E-state index in [0.29, 0.717) is 5.02 Å². The van der Waals surface area contributed by atoms with Crippen LogP contribution in [0.3, 0.4) is 0 Å². The number of fused-ring (bicyclic) bond motifs is 8. The van der Waals surface area contributed by atoms with Crippen molar-refractivity contribution in [2.24, 2.45) is 0 Å². The van der Waals surface area contributed by atoms with Crippen molar-refractivity contribution in [2.75, 3.05) is 4.90 Å². The van der Waals surface area contributed by atoms with E-state index >= 15 is 0 Å². The largest absolute Gasteiger partial charge is 0.456 e. The molecule has 3 heterocycles. The summed E-state index contributed by atoms with van der Waals surface area (Å²) in [4.78, 5) is 2.34. The van der Waals surface area contributed by atoms with E-state index in [9.17, 15) is 0 Å². The first-order valence-electron chi connectivity index (χ1n) is 16.4. The van der Waals surface area contributed by atoms with Crippen LogP contribution in [0.15, 0.2) is 174 Å². The topological polar surface area (TPSA) is 26.2 Å². The number of nitrogens with zero attached hydrogens (tertiary/aromatic N) is 3. The predicted molar refractivity (Wildman–Crippen MR) is 205 cm³/mol. The molecule has 3 aromatic heterocycles. The number of halogens is 1. The van der Waals surface area contributed by atoms with Gasteiger partial charge in [-0.05, 0) is 84.9 Å². The summed E-state index contributed by atoms with van der Waals surface area (Å²) < 4.78 is 11.1. The van der Waals surface area contributed by atoms with Gasteiger partial charge in [0.15, 0.2) is 0 Å². The van der Waals surface area contributed by atoms with Crippen molar-refractivity contribution in [3.8, 4) is 11.4 Å². The lowest BCUT2D eigenvalue weighted by Gasteiger charge is -2.26. The summed E-state index contributed by atoms with van der Waals surface area (Å²) in [5, 5.41) is 6.34. The molecule has 49 heavy (non-hydrogen) atoms. The maximum absolute atomic E-state index is 6.70. The molecule has 0 fully saturated rings. The summed E-state index contributed by atoms with van der Waals surface area (Å²) in [5.74, 6) is 0. The molecule has 0 unspecified atom stereocenters. The Labute approximate surface area is 287 Å². The fourth-order valence-corrected chi connectivity index (χ4v) is 7.69. The van der Waals surface area contributed by atoms with E-state index in [4.69, 9.17) is 16.0 Å². The van der Waals surface area contributed by atoms with Gasteiger partial charge in [0.05, 0.1) is 22.1 Å². The molecule has 0 radical (unpaired) electrons. The van der Waals surface area contributed by atoms with Crippen molar-refractivity contribution < 1.29 is 4.42 Å². The maximum Gasteiger partial charge on any atom is 0.137 e. The van der Waals surface area contributed by atoms with Crippen LogP contribution in [0.4, 0.5) is 17.1 Å². The van der Waals surface area contributed by atoms with Crippen molar-refractivity contribution in [3.05, 3.63) is 175 Å². The number of rotatable bonds is 5. The third-order valence-corrected chi connectivity index (χ3v) is 9.77. The molecule has 5 heteroatoms. The van der Waals surface area contributed by atoms with E-state index in [0.717, 1.165) is 77.8 Å². The van der Waals surface area contributed by atoms with E-state index in [1.807, 2.05) is 18.2 Å². The van der Waals surface area contributed by atoms with Crippen LogP contribution in [0.2, 0.25) is 5.02 Å². The Kier molecular flexibility index (Phi) is 6.20. The van der Waals surface area contributed by atoms with Gasteiger partial charge in [-0.15, -0.1) is 0 Å². The molecule has 0 bridgehead atoms. The van der Waals surface area contributed by atoms with Gasteiger partial charge in [-0.25, -0.2) is 0 Å². The molecule has 0 aliphatic carbocycles. The smallest absolute Gasteiger partial charge is 0.137 e. The molecule has 232 valence electrons. The molecule has 7 aromatic carbocycles. The molecule has 0 atom stereocenters. The van der Waals surface area contributed by atoms with Crippen LogP contribution in [-0.4, -0.2) is 9.13 Å². The molecule has 10 aromatic rings. The third kappa shape index (κ3) is 4.24. The Morgan fingerprint density at radius 2 is 1.10 bits per heavy atom. The summed E-state index contributed by atoms with van der Waals surface area (Å²) in [6.45, 7) is 0. The lowest BCUT2D eigenvalue weighted by Crippen LogP contribution is -2.10. The monoisotopic (exact) mass is 649 g/mol. The molecule has 4 nitrogen and oxygen atoms in total. The van der Waals surface area contributed by atoms with Gasteiger partial charge in [0.1, 0.15) is 16.8 Å². The first-order chi connectivity index (χ1) is 24.2. The zero-order valence-electron chi connectivity index (χ0n) is 26.3. The number of hydrogen-bond acceptors (Lipinski definition) is 2. The van der Waals surface area contributed by atoms with Gasteiger partial charge in [0.25, 0.3) is 0 Å². The van der Waals surface area contributed by atoms with Crippen LogP contribution in [0.25, 0.3) is 66.2 Å². The fraction of sp³-hybridized carbons (Fsp3) is 0. The summed E-state index contributed by atoms with van der Waals surface area (Å²) in [7, 11) is 0. The lowest BCUT2D eigenvalue weighted by molar-refractivity contribution is 0.669. The highest BCUT2D eigenvalue weighted by Gasteiger charge is 2.25. The van der Waals surface area contributed by atoms with Crippen LogP contribution in [0.5, 0.6) is 0 Å². The zero-order valence-corrected chi connectivity index (χ0v) is 27.0. The van der Waals surface area contributed by atoms with Crippen LogP contribution in [0.1, 0.15) is 0 Å². The molecule has 0 saturated heterocycles. The molecule has 0 aliphatic rings. The Morgan fingerprint density at radius 1 is 0.449 bits per heavy atom. The number of aromatic nitrogens is 2. The summed E-state index contributed by atoms with van der Waals surface area (Å²) >= 11 is 6.70. The second kappa shape index (κ2) is 10.9. The highest BCUT2D eigenvalue weighted by Crippen LogP contribution is 2.46. The minimum atomic E-state index is 0.715. The maximum atomic E-state index is 6.70. The standard InChI is InChI=1S/C44H28ClN3O/c45-29-23-26-37-36(27-29)42-34-25-24-33(28-39(34)48(32-17-8-3-9-18-32)44(42)47(37)31-15-6-2-7-16-31)46(30-13-4-1-5-14-30)38-20-12-22-41-43(38)35-19-10-11-21-40(35)49-41/h1-28H. The second-order valence-corrected chi connectivity index (χ2v) is 12.8. The fourth-order valence-electron chi connectivity index (χ4n) is 7.52. The molecule has 0 aliphatic heterocycles. The second-order valence-electron chi connectivity index (χ2n) is 12.3. The van der Waals surface area contributed by atoms with Crippen molar-refractivity contribution >= 4 is 83.4 Å². The molecular formula is C44H28ClN3O. The van der Waals surface area contributed by atoms with Gasteiger partial charge < -0.3 is 9.32 Å². The molecule has 0 saturated carbocycles. The third-order valence-electron chi connectivity index (χ3n) is 9.53. The lowest BCUT2D eigenvalue weighted by atomic mass is 10.1. The summed E-state index contributed by atoms with van der Waals surface area (Å²) in [6.07, 6.45) is 0. The van der Waals surface area contributed by atoms with Crippen molar-refractivity contribution in [1.29, 1.82) is 0 Å². The van der Waals surface area contributed by atoms with E-state index < -0.39 is 0 Å². The molecule has 0 amide bonds. The van der Waals surface area contributed by atoms with Gasteiger partial charge in [-0.1, -0.05) is 96.5 Å². The first-order valence-corrected chi connectivity index (χ1v) is 16.8. The minimum absolute atomic E-state index is 0.715. The Balaban J connectivity index is 1.34. The minimum Gasteiger partial charge on any atom is -0.456 e. The molecule has 0 spiro atoms. The normalized spacial score (nSPS) is 11.8. The average Bonchev–Trinajstić information content (AvgIpc) is 3.80. The number of para-hydroxylation sites is 4. The summed E-state index contributed by atoms with van der Waals surface area (Å²) in [6, 6.07) is 59.4. The van der Waals surface area contributed by atoms with Gasteiger partial charge in [-0.3, -0.25) is 9.13 Å². The van der Waals surface area contributed by atoms with Crippen LogP contribution < -0.4 is 4.90 Å². The highest BCUT2D eigenvalue weighted by atomic mass is 35.5. The average molecular weight is 650 g/mol. The van der Waals surface area contributed by atoms with E-state index in [1.54, 1.807) is 0 Å². The van der Waals surface area contributed by atoms with E-state index in [2.05, 4.69) is 166 Å². The van der Waals surface area contributed by atoms with Crippen molar-refractivity contribution in [3.63, 3.8) is 0 Å². The van der Waals surface area contributed by atoms with E-state index in [1.165, 1.54) is 5.39 Å². The quantitative estimate of drug-likeness (QED) is 0.185. The Hall–Kier alpha value is -6.23. The van der Waals surface area contributed by atoms with Gasteiger partial charge >= 0.3 is 0 Å². The van der Waals surface area contributed by atoms with E-state index in [-0.39, 0.29) is 0 Å². The van der Waals surface area contributed by atoms with Crippen molar-refractivity contribution in [1.82, 2.24) is 9.13 Å². The van der Waals surface area contributed by atoms with Gasteiger partial charge in [0, 0.05) is 49.3 Å². The van der Waals surface area contributed by atoms with Crippen LogP contribution in [-0.2, 0) is 0 Å². The number of furan rings is 1. The predicted octanol–water partition coefficient (Wildman–Crippen LogP) is 12.8. The highest BCUT2D eigenvalue weighted by molar-refractivity contribution is 6.33. The SMILES string of the molecule is Clc1ccc2c(c1)c1c3ccc(N(c4ccccc4)c4cccc5oc6ccccc6c45)cc3n(-c3ccccc3)c1n2-c1ccccc1. The molecular weight excluding hydrogens is 622 g/mol. The molecule has 0 N–H and O–H groups in total. The summed E-state index contributed by atoms with van der Waals surface area (Å²) in [5.41, 5.74) is 10.4. The van der Waals surface area contributed by atoms with Crippen molar-refractivity contribution in [2.45, 2.75) is 0 Å². The van der Waals surface area contributed by atoms with Gasteiger partial charge in [-0.2, -0.15) is 0 Å². The first kappa shape index (κ1) is 27.8. The van der Waals surface area contributed by atoms with Crippen LogP contribution >= 0.6 is 11.6 Å². The Morgan fingerprint density at radius 3 is 1.86 bits per heavy atom. The van der Waals surface area contributed by atoms with Gasteiger partial charge in [0.2, 0.25) is 0 Å². The number of hydrogen-bond donors (Lipinski definition) is 0. The zero-order chi connectivity index (χ0) is 32.5. The Bertz CT molecular complexity index is 2830. The number of benzene rings is 7. The molecule has 10 rings (SSSR count). The number of anilines is 3. The van der Waals surface area contributed by atoms with Crippen LogP contribution in [0, 0.1) is 0 Å².